The van der Waals surface area contributed by atoms with Gasteiger partial charge in [-0.1, -0.05) is 12.1 Å². The van der Waals surface area contributed by atoms with Gasteiger partial charge in [0.2, 0.25) is 0 Å². The maximum absolute atomic E-state index is 12.1. The minimum absolute atomic E-state index is 0.303. The zero-order valence-electron chi connectivity index (χ0n) is 9.47. The van der Waals surface area contributed by atoms with Crippen molar-refractivity contribution in [2.24, 2.45) is 0 Å². The van der Waals surface area contributed by atoms with E-state index in [9.17, 15) is 4.57 Å². The van der Waals surface area contributed by atoms with E-state index in [-0.39, 0.29) is 0 Å². The van der Waals surface area contributed by atoms with Crippen molar-refractivity contribution in [1.29, 1.82) is 0 Å². The molecule has 0 aliphatic rings. The molecule has 0 aliphatic heterocycles. The number of anilines is 2. The standard InChI is InChI=1S/C10H17N2O3P/c1-3-14-16(13,15-4-2)12-10-8-6-5-7-9(10)11/h5-8H,3-4,11H2,1-2H3,(H,12,13). The highest BCUT2D eigenvalue weighted by atomic mass is 31.2. The second-order valence-corrected chi connectivity index (χ2v) is 4.77. The topological polar surface area (TPSA) is 73.6 Å². The van der Waals surface area contributed by atoms with Crippen molar-refractivity contribution < 1.29 is 13.6 Å². The van der Waals surface area contributed by atoms with E-state index in [4.69, 9.17) is 14.8 Å². The summed E-state index contributed by atoms with van der Waals surface area (Å²) in [6, 6.07) is 7.03. The summed E-state index contributed by atoms with van der Waals surface area (Å²) in [4.78, 5) is 0. The minimum Gasteiger partial charge on any atom is -0.397 e. The van der Waals surface area contributed by atoms with Crippen molar-refractivity contribution in [3.8, 4) is 0 Å². The van der Waals surface area contributed by atoms with Gasteiger partial charge in [0.25, 0.3) is 0 Å². The number of rotatable bonds is 6. The van der Waals surface area contributed by atoms with Crippen molar-refractivity contribution in [3.63, 3.8) is 0 Å². The van der Waals surface area contributed by atoms with E-state index in [1.807, 2.05) is 0 Å². The molecule has 90 valence electrons. The van der Waals surface area contributed by atoms with Gasteiger partial charge in [0.15, 0.2) is 0 Å². The molecule has 0 amide bonds. The molecule has 0 fully saturated rings. The van der Waals surface area contributed by atoms with Crippen LogP contribution < -0.4 is 10.8 Å². The molecule has 0 atom stereocenters. The molecule has 0 saturated heterocycles. The van der Waals surface area contributed by atoms with Gasteiger partial charge in [0, 0.05) is 0 Å². The van der Waals surface area contributed by atoms with Crippen molar-refractivity contribution in [2.75, 3.05) is 24.0 Å². The third-order valence-corrected chi connectivity index (χ3v) is 3.53. The molecule has 1 aromatic carbocycles. The van der Waals surface area contributed by atoms with Crippen molar-refractivity contribution >= 4 is 19.1 Å². The molecular formula is C10H17N2O3P. The summed E-state index contributed by atoms with van der Waals surface area (Å²) in [7, 11) is -3.30. The van der Waals surface area contributed by atoms with E-state index in [1.165, 1.54) is 0 Å². The molecule has 0 bridgehead atoms. The van der Waals surface area contributed by atoms with Gasteiger partial charge in [-0.15, -0.1) is 0 Å². The summed E-state index contributed by atoms with van der Waals surface area (Å²) in [6.07, 6.45) is 0. The van der Waals surface area contributed by atoms with E-state index in [1.54, 1.807) is 38.1 Å². The van der Waals surface area contributed by atoms with Crippen LogP contribution in [0, 0.1) is 0 Å². The zero-order chi connectivity index (χ0) is 12.0. The van der Waals surface area contributed by atoms with E-state index < -0.39 is 7.75 Å². The first kappa shape index (κ1) is 13.0. The summed E-state index contributed by atoms with van der Waals surface area (Å²) in [6.45, 7) is 4.11. The predicted molar refractivity (Wildman–Crippen MR) is 65.3 cm³/mol. The predicted octanol–water partition coefficient (Wildman–Crippen LogP) is 2.86. The molecule has 0 spiro atoms. The first-order valence-electron chi connectivity index (χ1n) is 5.13. The Kier molecular flexibility index (Phi) is 4.80. The first-order chi connectivity index (χ1) is 7.61. The molecule has 0 aromatic heterocycles. The smallest absolute Gasteiger partial charge is 0.397 e. The molecule has 1 rings (SSSR count). The number of hydrogen-bond donors (Lipinski definition) is 2. The maximum Gasteiger partial charge on any atom is 0.432 e. The number of nitrogens with two attached hydrogens (primary N) is 1. The minimum atomic E-state index is -3.30. The second kappa shape index (κ2) is 5.89. The van der Waals surface area contributed by atoms with Crippen molar-refractivity contribution in [2.45, 2.75) is 13.8 Å². The molecule has 0 heterocycles. The Balaban J connectivity index is 2.83. The molecule has 5 nitrogen and oxygen atoms in total. The monoisotopic (exact) mass is 244 g/mol. The molecule has 0 saturated carbocycles. The highest BCUT2D eigenvalue weighted by Gasteiger charge is 2.24. The normalized spacial score (nSPS) is 11.4. The molecule has 0 radical (unpaired) electrons. The van der Waals surface area contributed by atoms with Crippen LogP contribution in [0.1, 0.15) is 13.8 Å². The van der Waals surface area contributed by atoms with Gasteiger partial charge in [-0.25, -0.2) is 4.57 Å². The Morgan fingerprint density at radius 2 is 1.81 bits per heavy atom. The van der Waals surface area contributed by atoms with E-state index in [2.05, 4.69) is 5.09 Å². The second-order valence-electron chi connectivity index (χ2n) is 3.03. The highest BCUT2D eigenvalue weighted by Crippen LogP contribution is 2.48. The Morgan fingerprint density at radius 3 is 2.31 bits per heavy atom. The van der Waals surface area contributed by atoms with Crippen LogP contribution in [0.5, 0.6) is 0 Å². The molecule has 3 N–H and O–H groups in total. The molecule has 1 aromatic rings. The largest absolute Gasteiger partial charge is 0.432 e. The lowest BCUT2D eigenvalue weighted by Gasteiger charge is -2.19. The summed E-state index contributed by atoms with van der Waals surface area (Å²) >= 11 is 0. The molecule has 0 aliphatic carbocycles. The van der Waals surface area contributed by atoms with E-state index in [0.29, 0.717) is 24.6 Å². The third kappa shape index (κ3) is 3.52. The first-order valence-corrected chi connectivity index (χ1v) is 6.67. The summed E-state index contributed by atoms with van der Waals surface area (Å²) in [5.41, 5.74) is 6.78. The van der Waals surface area contributed by atoms with Crippen LogP contribution in [0.25, 0.3) is 0 Å². The van der Waals surface area contributed by atoms with Crippen LogP contribution in [-0.2, 0) is 13.6 Å². The number of benzene rings is 1. The van der Waals surface area contributed by atoms with Crippen molar-refractivity contribution in [1.82, 2.24) is 0 Å². The van der Waals surface area contributed by atoms with Crippen LogP contribution in [0.2, 0.25) is 0 Å². The molecular weight excluding hydrogens is 227 g/mol. The fourth-order valence-electron chi connectivity index (χ4n) is 1.19. The Bertz CT molecular complexity index is 374. The fraction of sp³-hybridized carbons (Fsp3) is 0.400. The lowest BCUT2D eigenvalue weighted by molar-refractivity contribution is 0.225. The van der Waals surface area contributed by atoms with Gasteiger partial charge in [0.1, 0.15) is 0 Å². The summed E-state index contributed by atoms with van der Waals surface area (Å²) in [5.74, 6) is 0. The van der Waals surface area contributed by atoms with E-state index >= 15 is 0 Å². The summed E-state index contributed by atoms with van der Waals surface area (Å²) in [5, 5.41) is 2.71. The number of hydrogen-bond acceptors (Lipinski definition) is 4. The van der Waals surface area contributed by atoms with Gasteiger partial charge in [-0.05, 0) is 26.0 Å². The lowest BCUT2D eigenvalue weighted by atomic mass is 10.3. The molecule has 0 unspecified atom stereocenters. The van der Waals surface area contributed by atoms with Gasteiger partial charge >= 0.3 is 7.75 Å². The molecule has 6 heteroatoms. The Morgan fingerprint density at radius 1 is 1.25 bits per heavy atom. The lowest BCUT2D eigenvalue weighted by Crippen LogP contribution is -2.06. The van der Waals surface area contributed by atoms with Gasteiger partial charge in [-0.3, -0.25) is 14.1 Å². The van der Waals surface area contributed by atoms with Crippen molar-refractivity contribution in [3.05, 3.63) is 24.3 Å². The fourth-order valence-corrected chi connectivity index (χ4v) is 2.57. The zero-order valence-corrected chi connectivity index (χ0v) is 10.4. The van der Waals surface area contributed by atoms with Gasteiger partial charge < -0.3 is 5.73 Å². The number of para-hydroxylation sites is 2. The Hall–Kier alpha value is -1.03. The highest BCUT2D eigenvalue weighted by molar-refractivity contribution is 7.55. The van der Waals surface area contributed by atoms with Crippen LogP contribution in [0.4, 0.5) is 11.4 Å². The van der Waals surface area contributed by atoms with Gasteiger partial charge in [0.05, 0.1) is 24.6 Å². The van der Waals surface area contributed by atoms with E-state index in [0.717, 1.165) is 0 Å². The van der Waals surface area contributed by atoms with Crippen LogP contribution >= 0.6 is 7.75 Å². The SMILES string of the molecule is CCOP(=O)(Nc1ccccc1N)OCC. The van der Waals surface area contributed by atoms with Crippen LogP contribution in [-0.4, -0.2) is 13.2 Å². The van der Waals surface area contributed by atoms with Crippen LogP contribution in [0.15, 0.2) is 24.3 Å². The number of nitrogens with one attached hydrogen (secondary N) is 1. The van der Waals surface area contributed by atoms with Crippen LogP contribution in [0.3, 0.4) is 0 Å². The third-order valence-electron chi connectivity index (χ3n) is 1.82. The Labute approximate surface area is 95.5 Å². The summed E-state index contributed by atoms with van der Waals surface area (Å²) < 4.78 is 22.3. The number of nitrogen functional groups attached to an aromatic ring is 1. The quantitative estimate of drug-likeness (QED) is 0.594. The van der Waals surface area contributed by atoms with Gasteiger partial charge in [-0.2, -0.15) is 0 Å². The average Bonchev–Trinajstić information content (AvgIpc) is 2.22. The molecule has 16 heavy (non-hydrogen) atoms. The average molecular weight is 244 g/mol. The maximum atomic E-state index is 12.1.